The average molecular weight is 315 g/mol. The van der Waals surface area contributed by atoms with Crippen molar-refractivity contribution < 1.29 is 14.3 Å². The summed E-state index contributed by atoms with van der Waals surface area (Å²) in [6, 6.07) is 8.55. The molecule has 1 saturated heterocycles. The lowest BCUT2D eigenvalue weighted by Crippen LogP contribution is -2.62. The van der Waals surface area contributed by atoms with Gasteiger partial charge in [-0.1, -0.05) is 43.8 Å². The van der Waals surface area contributed by atoms with Gasteiger partial charge in [-0.15, -0.1) is 5.54 Å². The van der Waals surface area contributed by atoms with E-state index in [1.807, 2.05) is 6.07 Å². The topological polar surface area (TPSA) is 55.4 Å². The van der Waals surface area contributed by atoms with E-state index in [1.165, 1.54) is 0 Å². The normalized spacial score (nSPS) is 21.7. The molecular weight excluding hydrogens is 294 g/mol. The zero-order valence-corrected chi connectivity index (χ0v) is 14.3. The molecule has 4 nitrogen and oxygen atoms in total. The molecule has 1 heterocycles. The largest absolute Gasteiger partial charge is 0.458 e. The molecule has 0 bridgehead atoms. The number of hydrogen-bond acceptors (Lipinski definition) is 3. The minimum atomic E-state index is -1.49. The molecule has 3 atom stereocenters. The monoisotopic (exact) mass is 315 g/mol. The highest BCUT2D eigenvalue weighted by Gasteiger charge is 2.44. The Balaban J connectivity index is 2.01. The van der Waals surface area contributed by atoms with Crippen LogP contribution in [0.25, 0.3) is 0 Å². The van der Waals surface area contributed by atoms with Crippen LogP contribution >= 0.6 is 0 Å². The van der Waals surface area contributed by atoms with Crippen LogP contribution in [-0.4, -0.2) is 32.1 Å². The predicted molar refractivity (Wildman–Crippen MR) is 87.9 cm³/mol. The zero-order chi connectivity index (χ0) is 16.3. The molecule has 5 heteroatoms. The number of ether oxygens (including phenoxy) is 1. The second kappa shape index (κ2) is 6.37. The van der Waals surface area contributed by atoms with Crippen LogP contribution in [0, 0.1) is 17.4 Å². The number of benzene rings is 1. The van der Waals surface area contributed by atoms with E-state index in [4.69, 9.17) is 4.74 Å². The lowest BCUT2D eigenvalue weighted by molar-refractivity contribution is -0.138. The van der Waals surface area contributed by atoms with Crippen LogP contribution < -0.4 is 5.32 Å². The number of nitrogens with one attached hydrogen (secondary N) is 1. The molecule has 22 heavy (non-hydrogen) atoms. The fourth-order valence-corrected chi connectivity index (χ4v) is 2.77. The molecule has 1 aliphatic heterocycles. The molecule has 1 fully saturated rings. The van der Waals surface area contributed by atoms with Crippen molar-refractivity contribution in [2.24, 2.45) is 5.92 Å². The van der Waals surface area contributed by atoms with Crippen molar-refractivity contribution in [3.05, 3.63) is 35.9 Å². The van der Waals surface area contributed by atoms with Crippen molar-refractivity contribution in [2.75, 3.05) is 0 Å². The first-order valence-corrected chi connectivity index (χ1v) is 10.9. The number of esters is 1. The van der Waals surface area contributed by atoms with Crippen LogP contribution in [0.2, 0.25) is 19.6 Å². The molecule has 0 aromatic heterocycles. The van der Waals surface area contributed by atoms with Crippen molar-refractivity contribution in [1.29, 1.82) is 0 Å². The quantitative estimate of drug-likeness (QED) is 0.403. The SMILES string of the molecule is CC(OC(=O)c1ccccc1)[C@H]1C(=O)N[C@H]1C#C[Si](C)(C)C. The Hall–Kier alpha value is -2.06. The van der Waals surface area contributed by atoms with Gasteiger partial charge in [-0.25, -0.2) is 4.79 Å². The molecule has 1 N–H and O–H groups in total. The molecule has 2 rings (SSSR count). The smallest absolute Gasteiger partial charge is 0.338 e. The first-order valence-electron chi connectivity index (χ1n) is 7.37. The molecule has 1 aliphatic rings. The van der Waals surface area contributed by atoms with E-state index in [1.54, 1.807) is 31.2 Å². The van der Waals surface area contributed by atoms with Crippen molar-refractivity contribution in [3.8, 4) is 11.5 Å². The van der Waals surface area contributed by atoms with Crippen LogP contribution in [0.3, 0.4) is 0 Å². The molecule has 0 saturated carbocycles. The van der Waals surface area contributed by atoms with Gasteiger partial charge in [0.2, 0.25) is 5.91 Å². The summed E-state index contributed by atoms with van der Waals surface area (Å²) >= 11 is 0. The molecule has 1 amide bonds. The van der Waals surface area contributed by atoms with E-state index >= 15 is 0 Å². The van der Waals surface area contributed by atoms with Gasteiger partial charge in [-0.2, -0.15) is 0 Å². The summed E-state index contributed by atoms with van der Waals surface area (Å²) in [7, 11) is -1.49. The number of carbonyl (C=O) groups excluding carboxylic acids is 2. The summed E-state index contributed by atoms with van der Waals surface area (Å²) in [4.78, 5) is 23.8. The Morgan fingerprint density at radius 2 is 1.91 bits per heavy atom. The summed E-state index contributed by atoms with van der Waals surface area (Å²) in [6.45, 7) is 8.19. The van der Waals surface area contributed by atoms with Gasteiger partial charge in [0, 0.05) is 0 Å². The number of amides is 1. The number of rotatable bonds is 3. The van der Waals surface area contributed by atoms with Gasteiger partial charge in [-0.3, -0.25) is 4.79 Å². The number of carbonyl (C=O) groups is 2. The van der Waals surface area contributed by atoms with E-state index in [2.05, 4.69) is 36.4 Å². The average Bonchev–Trinajstić information content (AvgIpc) is 2.42. The summed E-state index contributed by atoms with van der Waals surface area (Å²) < 4.78 is 5.42. The minimum Gasteiger partial charge on any atom is -0.458 e. The van der Waals surface area contributed by atoms with Crippen molar-refractivity contribution in [1.82, 2.24) is 5.32 Å². The van der Waals surface area contributed by atoms with Gasteiger partial charge in [-0.05, 0) is 19.1 Å². The fourth-order valence-electron chi connectivity index (χ4n) is 2.18. The van der Waals surface area contributed by atoms with Crippen molar-refractivity contribution in [3.63, 3.8) is 0 Å². The first-order chi connectivity index (χ1) is 10.3. The van der Waals surface area contributed by atoms with E-state index in [9.17, 15) is 9.59 Å². The van der Waals surface area contributed by atoms with Gasteiger partial charge < -0.3 is 10.1 Å². The van der Waals surface area contributed by atoms with Crippen LogP contribution in [0.1, 0.15) is 17.3 Å². The standard InChI is InChI=1S/C17H21NO3Si/c1-12(21-17(20)13-8-6-5-7-9-13)15-14(18-16(15)19)10-11-22(2,3)4/h5-9,12,14-15H,1-4H3,(H,18,19)/t12?,14-,15+/m0/s1. The lowest BCUT2D eigenvalue weighted by Gasteiger charge is -2.36. The molecule has 1 aromatic rings. The van der Waals surface area contributed by atoms with E-state index < -0.39 is 26.1 Å². The van der Waals surface area contributed by atoms with E-state index in [0.29, 0.717) is 5.56 Å². The Bertz CT molecular complexity index is 625. The minimum absolute atomic E-state index is 0.108. The van der Waals surface area contributed by atoms with Crippen molar-refractivity contribution in [2.45, 2.75) is 38.7 Å². The Kier molecular flexibility index (Phi) is 4.72. The van der Waals surface area contributed by atoms with Crippen LogP contribution in [0.4, 0.5) is 0 Å². The summed E-state index contributed by atoms with van der Waals surface area (Å²) in [5, 5.41) is 2.78. The first kappa shape index (κ1) is 16.3. The third-order valence-corrected chi connectivity index (χ3v) is 4.26. The maximum absolute atomic E-state index is 12.0. The van der Waals surface area contributed by atoms with Gasteiger partial charge in [0.05, 0.1) is 5.56 Å². The molecule has 0 aliphatic carbocycles. The third-order valence-electron chi connectivity index (χ3n) is 3.37. The zero-order valence-electron chi connectivity index (χ0n) is 13.3. The summed E-state index contributed by atoms with van der Waals surface area (Å²) in [6.07, 6.45) is -0.498. The lowest BCUT2D eigenvalue weighted by atomic mass is 9.86. The molecule has 116 valence electrons. The molecule has 0 radical (unpaired) electrons. The molecule has 1 unspecified atom stereocenters. The van der Waals surface area contributed by atoms with Crippen LogP contribution in [0.15, 0.2) is 30.3 Å². The third kappa shape index (κ3) is 3.98. The maximum atomic E-state index is 12.0. The Morgan fingerprint density at radius 3 is 2.45 bits per heavy atom. The second-order valence-corrected chi connectivity index (χ2v) is 11.3. The Labute approximate surface area is 132 Å². The van der Waals surface area contributed by atoms with Gasteiger partial charge in [0.15, 0.2) is 0 Å². The van der Waals surface area contributed by atoms with Gasteiger partial charge >= 0.3 is 5.97 Å². The number of β-lactam (4-membered cyclic amide) rings is 1. The Morgan fingerprint density at radius 1 is 1.27 bits per heavy atom. The molecular formula is C17H21NO3Si. The van der Waals surface area contributed by atoms with Gasteiger partial charge in [0.1, 0.15) is 26.1 Å². The predicted octanol–water partition coefficient (Wildman–Crippen LogP) is 2.23. The van der Waals surface area contributed by atoms with Crippen LogP contribution in [-0.2, 0) is 9.53 Å². The summed E-state index contributed by atoms with van der Waals surface area (Å²) in [5.41, 5.74) is 3.73. The summed E-state index contributed by atoms with van der Waals surface area (Å²) in [5.74, 6) is 2.21. The highest BCUT2D eigenvalue weighted by molar-refractivity contribution is 6.83. The highest BCUT2D eigenvalue weighted by atomic mass is 28.3. The second-order valence-electron chi connectivity index (χ2n) is 6.51. The van der Waals surface area contributed by atoms with Gasteiger partial charge in [0.25, 0.3) is 0 Å². The molecule has 0 spiro atoms. The van der Waals surface area contributed by atoms with Crippen molar-refractivity contribution >= 4 is 20.0 Å². The molecule has 1 aromatic carbocycles. The highest BCUT2D eigenvalue weighted by Crippen LogP contribution is 2.22. The fraction of sp³-hybridized carbons (Fsp3) is 0.412. The maximum Gasteiger partial charge on any atom is 0.338 e. The van der Waals surface area contributed by atoms with E-state index in [-0.39, 0.29) is 11.9 Å². The number of hydrogen-bond donors (Lipinski definition) is 1. The van der Waals surface area contributed by atoms with E-state index in [0.717, 1.165) is 0 Å². The van der Waals surface area contributed by atoms with Crippen LogP contribution in [0.5, 0.6) is 0 Å².